The van der Waals surface area contributed by atoms with Crippen molar-refractivity contribution in [1.29, 1.82) is 0 Å². The van der Waals surface area contributed by atoms with Crippen LogP contribution in [0.4, 0.5) is 5.82 Å². The van der Waals surface area contributed by atoms with Crippen molar-refractivity contribution < 1.29 is 67.1 Å². The number of hydrogen-bond acceptors (Lipinski definition) is 18. The molecule has 0 amide bonds. The molecule has 1 aliphatic rings. The van der Waals surface area contributed by atoms with Gasteiger partial charge in [0.1, 0.15) is 60.5 Å². The van der Waals surface area contributed by atoms with Crippen LogP contribution in [0.2, 0.25) is 0 Å². The summed E-state index contributed by atoms with van der Waals surface area (Å²) in [4.78, 5) is 65.4. The average molecular weight is 787 g/mol. The van der Waals surface area contributed by atoms with E-state index in [1.165, 1.54) is 15.5 Å². The first-order valence-corrected chi connectivity index (χ1v) is 18.5. The van der Waals surface area contributed by atoms with E-state index >= 15 is 0 Å². The standard InChI is InChI=1S/C27H33N9O15P2/c1-10-3-12-13(4-11(10)2)35(24-18(32-12)25(42)34-27(43)33-24)5-14(37)19(39)15(38)6-48-52(44,45)51-53(46,47)49-7-16-20(40)21(41)26(50-16)36-9-31-17-22(28)29-8-30-23(17)36/h3-4,8-9,14-16,19-21,26,37-41H,5-7H2,1-2H3,(H5,28,29,30,34,42,43,44,45,46,47)/p+1/t14-,15+,16-,19-,20-,21-,26-/m1/s1. The van der Waals surface area contributed by atoms with Gasteiger partial charge in [-0.1, -0.05) is 0 Å². The molecule has 5 heterocycles. The number of nitrogen functional groups attached to an aromatic ring is 1. The fraction of sp³-hybridized carbons (Fsp3) is 0.444. The summed E-state index contributed by atoms with van der Waals surface area (Å²) < 4.78 is 46.7. The van der Waals surface area contributed by atoms with Crippen molar-refractivity contribution in [3.63, 3.8) is 0 Å². The maximum atomic E-state index is 12.5. The van der Waals surface area contributed by atoms with Gasteiger partial charge < -0.3 is 45.8 Å². The Morgan fingerprint density at radius 3 is 2.42 bits per heavy atom. The smallest absolute Gasteiger partial charge is 0.388 e. The van der Waals surface area contributed by atoms with E-state index in [0.717, 1.165) is 17.5 Å². The van der Waals surface area contributed by atoms with E-state index in [9.17, 15) is 54.0 Å². The van der Waals surface area contributed by atoms with Crippen LogP contribution in [0.5, 0.6) is 0 Å². The molecule has 0 saturated carbocycles. The first-order chi connectivity index (χ1) is 24.9. The van der Waals surface area contributed by atoms with Gasteiger partial charge in [0.2, 0.25) is 5.52 Å². The molecule has 53 heavy (non-hydrogen) atoms. The van der Waals surface area contributed by atoms with Crippen LogP contribution in [0.25, 0.3) is 33.4 Å². The highest BCUT2D eigenvalue weighted by atomic mass is 31.3. The molecule has 286 valence electrons. The van der Waals surface area contributed by atoms with Gasteiger partial charge in [0.25, 0.3) is 5.56 Å². The lowest BCUT2D eigenvalue weighted by atomic mass is 10.1. The average Bonchev–Trinajstić information content (AvgIpc) is 3.63. The fourth-order valence-electron chi connectivity index (χ4n) is 5.61. The molecule has 1 saturated heterocycles. The first-order valence-electron chi connectivity index (χ1n) is 15.5. The number of aliphatic hydroxyl groups is 5. The summed E-state index contributed by atoms with van der Waals surface area (Å²) in [7, 11) is -11.0. The Kier molecular flexibility index (Phi) is 10.6. The minimum Gasteiger partial charge on any atom is -0.388 e. The Labute approximate surface area is 295 Å². The second-order valence-electron chi connectivity index (χ2n) is 12.1. The van der Waals surface area contributed by atoms with Crippen molar-refractivity contribution in [1.82, 2.24) is 34.5 Å². The van der Waals surface area contributed by atoms with Gasteiger partial charge in [-0.25, -0.2) is 38.4 Å². The number of phosphoric acid groups is 2. The van der Waals surface area contributed by atoms with Crippen molar-refractivity contribution in [2.75, 3.05) is 18.9 Å². The molecule has 2 unspecified atom stereocenters. The van der Waals surface area contributed by atoms with Crippen LogP contribution < -0.4 is 21.5 Å². The molecule has 9 atom stereocenters. The summed E-state index contributed by atoms with van der Waals surface area (Å²) in [5, 5.41) is 53.1. The number of ether oxygens (including phenoxy) is 1. The molecule has 1 fully saturated rings. The van der Waals surface area contributed by atoms with Gasteiger partial charge >= 0.3 is 27.0 Å². The molecule has 11 N–H and O–H groups in total. The van der Waals surface area contributed by atoms with Gasteiger partial charge in [-0.2, -0.15) is 9.29 Å². The Morgan fingerprint density at radius 2 is 1.68 bits per heavy atom. The van der Waals surface area contributed by atoms with E-state index in [1.54, 1.807) is 26.0 Å². The van der Waals surface area contributed by atoms with Crippen molar-refractivity contribution in [2.45, 2.75) is 63.2 Å². The van der Waals surface area contributed by atoms with Crippen molar-refractivity contribution in [3.05, 3.63) is 56.8 Å². The number of anilines is 1. The molecule has 0 spiro atoms. The highest BCUT2D eigenvalue weighted by molar-refractivity contribution is 7.61. The lowest BCUT2D eigenvalue weighted by molar-refractivity contribution is -0.657. The summed E-state index contributed by atoms with van der Waals surface area (Å²) in [6.45, 7) is 0.855. The number of imidazole rings is 1. The number of nitrogens with zero attached hydrogens (tertiary/aromatic N) is 6. The normalized spacial score (nSPS) is 23.3. The molecule has 4 aromatic heterocycles. The summed E-state index contributed by atoms with van der Waals surface area (Å²) in [6.07, 6.45) is -9.88. The molecular weight excluding hydrogens is 752 g/mol. The van der Waals surface area contributed by atoms with Crippen LogP contribution in [0, 0.1) is 13.8 Å². The zero-order chi connectivity index (χ0) is 38.6. The Hall–Kier alpha value is -4.13. The van der Waals surface area contributed by atoms with Gasteiger partial charge in [0.05, 0.1) is 19.5 Å². The zero-order valence-corrected chi connectivity index (χ0v) is 29.3. The van der Waals surface area contributed by atoms with E-state index in [2.05, 4.69) is 38.7 Å². The number of aliphatic hydroxyl groups excluding tert-OH is 5. The van der Waals surface area contributed by atoms with E-state index in [4.69, 9.17) is 15.0 Å². The maximum absolute atomic E-state index is 12.5. The Morgan fingerprint density at radius 1 is 0.981 bits per heavy atom. The van der Waals surface area contributed by atoms with Gasteiger partial charge in [0.15, 0.2) is 23.2 Å². The van der Waals surface area contributed by atoms with Gasteiger partial charge in [0, 0.05) is 0 Å². The topological polar surface area (TPSA) is 365 Å². The van der Waals surface area contributed by atoms with Crippen LogP contribution >= 0.6 is 15.6 Å². The fourth-order valence-corrected chi connectivity index (χ4v) is 7.70. The zero-order valence-electron chi connectivity index (χ0n) is 27.5. The Bertz CT molecular complexity index is 2410. The highest BCUT2D eigenvalue weighted by Crippen LogP contribution is 2.60. The van der Waals surface area contributed by atoms with Crippen LogP contribution in [0.3, 0.4) is 0 Å². The molecule has 1 aliphatic heterocycles. The third-order valence-corrected chi connectivity index (χ3v) is 11.1. The minimum atomic E-state index is -5.54. The summed E-state index contributed by atoms with van der Waals surface area (Å²) >= 11 is 0. The van der Waals surface area contributed by atoms with Crippen molar-refractivity contribution >= 4 is 54.8 Å². The van der Waals surface area contributed by atoms with Gasteiger partial charge in [-0.05, 0) is 37.1 Å². The number of hydrogen-bond donors (Lipinski definition) is 10. The molecule has 0 radical (unpaired) electrons. The van der Waals surface area contributed by atoms with Crippen LogP contribution in [-0.2, 0) is 33.8 Å². The number of rotatable bonds is 13. The predicted octanol–water partition coefficient (Wildman–Crippen LogP) is -2.96. The number of aromatic amines is 2. The molecule has 5 aromatic rings. The van der Waals surface area contributed by atoms with Gasteiger partial charge in [-0.15, -0.1) is 0 Å². The van der Waals surface area contributed by atoms with Crippen LogP contribution in [0.15, 0.2) is 34.4 Å². The second-order valence-corrected chi connectivity index (χ2v) is 15.2. The summed E-state index contributed by atoms with van der Waals surface area (Å²) in [5.74, 6) is 0.0305. The third-order valence-electron chi connectivity index (χ3n) is 8.46. The van der Waals surface area contributed by atoms with E-state index in [0.29, 0.717) is 11.0 Å². The lowest BCUT2D eigenvalue weighted by Gasteiger charge is -2.24. The summed E-state index contributed by atoms with van der Waals surface area (Å²) in [5.41, 5.74) is 6.28. The van der Waals surface area contributed by atoms with E-state index < -0.39 is 89.5 Å². The maximum Gasteiger partial charge on any atom is 0.481 e. The second kappa shape index (κ2) is 14.6. The largest absolute Gasteiger partial charge is 0.481 e. The quantitative estimate of drug-likeness (QED) is 0.0324. The molecule has 0 aliphatic carbocycles. The highest BCUT2D eigenvalue weighted by Gasteiger charge is 2.46. The first kappa shape index (κ1) is 38.6. The van der Waals surface area contributed by atoms with Crippen molar-refractivity contribution in [3.8, 4) is 0 Å². The minimum absolute atomic E-state index is 0.0305. The third kappa shape index (κ3) is 7.91. The number of nitrogens with two attached hydrogens (primary N) is 1. The van der Waals surface area contributed by atoms with E-state index in [1.807, 2.05) is 0 Å². The monoisotopic (exact) mass is 786 g/mol. The van der Waals surface area contributed by atoms with Crippen molar-refractivity contribution in [2.24, 2.45) is 0 Å². The number of benzene rings is 1. The molecule has 0 bridgehead atoms. The molecular formula is C27H34N9O15P2+. The van der Waals surface area contributed by atoms with Crippen LogP contribution in [0.1, 0.15) is 17.4 Å². The summed E-state index contributed by atoms with van der Waals surface area (Å²) in [6, 6.07) is 3.33. The molecule has 24 nitrogen and oxygen atoms in total. The molecule has 26 heteroatoms. The predicted molar refractivity (Wildman–Crippen MR) is 176 cm³/mol. The number of fused-ring (bicyclic) bond motifs is 3. The SMILES string of the molecule is Cc1cc2nc3c(=O)[nH]c(=O)[nH]c3[n+](C[C@@H](O)[C@@H](O)[C@@H](O)COP(=O)(O)OP(=O)(O)OC[C@H]3O[C@@H](n4cnc5c(N)ncnc54)[C@H](O)[C@@H]3O)c2cc1C. The Balaban J connectivity index is 1.07. The lowest BCUT2D eigenvalue weighted by Crippen LogP contribution is -2.51. The van der Waals surface area contributed by atoms with Gasteiger partial charge in [-0.3, -0.25) is 23.4 Å². The number of aryl methyl sites for hydroxylation is 2. The number of aromatic nitrogens is 8. The van der Waals surface area contributed by atoms with Crippen LogP contribution in [-0.4, -0.2) is 120 Å². The molecule has 1 aromatic carbocycles. The number of H-pyrrole nitrogens is 2. The van der Waals surface area contributed by atoms with E-state index in [-0.39, 0.29) is 28.1 Å². The number of nitrogens with one attached hydrogen (secondary N) is 2. The molecule has 6 rings (SSSR count). The number of phosphoric ester groups is 2.